The minimum absolute atomic E-state index is 0.0215. The molecule has 1 fully saturated rings. The van der Waals surface area contributed by atoms with Crippen molar-refractivity contribution in [2.24, 2.45) is 5.29 Å². The van der Waals surface area contributed by atoms with Crippen LogP contribution in [0.2, 0.25) is 0 Å². The molecule has 6 heteroatoms. The van der Waals surface area contributed by atoms with Crippen molar-refractivity contribution in [3.05, 3.63) is 39.3 Å². The van der Waals surface area contributed by atoms with Gasteiger partial charge in [0.25, 0.3) is 5.69 Å². The Morgan fingerprint density at radius 2 is 1.78 bits per heavy atom. The minimum atomic E-state index is -0.455. The molecular weight excluding hydrogens is 234 g/mol. The molecule has 1 aromatic rings. The van der Waals surface area contributed by atoms with Gasteiger partial charge in [-0.25, -0.2) is 5.01 Å². The molecule has 1 saturated carbocycles. The average Bonchev–Trinajstić information content (AvgIpc) is 2.41. The van der Waals surface area contributed by atoms with E-state index in [9.17, 15) is 15.0 Å². The normalized spacial score (nSPS) is 16.2. The summed E-state index contributed by atoms with van der Waals surface area (Å²) >= 11 is 0. The van der Waals surface area contributed by atoms with Crippen LogP contribution in [0.3, 0.4) is 0 Å². The van der Waals surface area contributed by atoms with E-state index >= 15 is 0 Å². The van der Waals surface area contributed by atoms with Gasteiger partial charge in [-0.15, -0.1) is 4.91 Å². The van der Waals surface area contributed by atoms with Crippen molar-refractivity contribution in [1.29, 1.82) is 0 Å². The summed E-state index contributed by atoms with van der Waals surface area (Å²) in [4.78, 5) is 21.1. The Morgan fingerprint density at radius 3 is 2.28 bits per heavy atom. The summed E-state index contributed by atoms with van der Waals surface area (Å²) in [5.74, 6) is 0. The predicted octanol–water partition coefficient (Wildman–Crippen LogP) is 3.42. The van der Waals surface area contributed by atoms with Gasteiger partial charge in [-0.1, -0.05) is 19.3 Å². The summed E-state index contributed by atoms with van der Waals surface area (Å²) in [5, 5.41) is 15.1. The molecule has 0 amide bonds. The van der Waals surface area contributed by atoms with Gasteiger partial charge in [0.15, 0.2) is 0 Å². The highest BCUT2D eigenvalue weighted by molar-refractivity contribution is 5.50. The van der Waals surface area contributed by atoms with Crippen LogP contribution in [-0.2, 0) is 0 Å². The van der Waals surface area contributed by atoms with E-state index in [1.165, 1.54) is 23.6 Å². The number of hydrogen-bond acceptors (Lipinski definition) is 4. The molecule has 1 aliphatic rings. The topological polar surface area (TPSA) is 75.8 Å². The molecule has 0 unspecified atom stereocenters. The van der Waals surface area contributed by atoms with Crippen molar-refractivity contribution in [2.45, 2.75) is 38.1 Å². The van der Waals surface area contributed by atoms with Gasteiger partial charge in [0.05, 0.1) is 21.9 Å². The summed E-state index contributed by atoms with van der Waals surface area (Å²) in [7, 11) is 0. The van der Waals surface area contributed by atoms with E-state index in [1.54, 1.807) is 12.1 Å². The highest BCUT2D eigenvalue weighted by atomic mass is 16.6. The predicted molar refractivity (Wildman–Crippen MR) is 68.2 cm³/mol. The highest BCUT2D eigenvalue weighted by Gasteiger charge is 2.22. The van der Waals surface area contributed by atoms with Crippen LogP contribution in [0.4, 0.5) is 11.4 Å². The number of non-ortho nitro benzene ring substituents is 1. The van der Waals surface area contributed by atoms with E-state index in [2.05, 4.69) is 5.29 Å². The van der Waals surface area contributed by atoms with Crippen LogP contribution in [0.25, 0.3) is 0 Å². The van der Waals surface area contributed by atoms with Gasteiger partial charge in [0, 0.05) is 12.1 Å². The molecule has 96 valence electrons. The molecule has 0 radical (unpaired) electrons. The molecular formula is C12H15N3O3. The van der Waals surface area contributed by atoms with Crippen LogP contribution in [0.5, 0.6) is 0 Å². The molecule has 2 rings (SSSR count). The Hall–Kier alpha value is -1.98. The first kappa shape index (κ1) is 12.5. The van der Waals surface area contributed by atoms with E-state index in [0.29, 0.717) is 5.69 Å². The maximum atomic E-state index is 11.0. The number of nitro benzene ring substituents is 1. The number of nitroso groups, excluding NO2 is 1. The first-order valence-electron chi connectivity index (χ1n) is 6.09. The number of benzene rings is 1. The quantitative estimate of drug-likeness (QED) is 0.465. The smallest absolute Gasteiger partial charge is 0.258 e. The van der Waals surface area contributed by atoms with E-state index < -0.39 is 4.92 Å². The summed E-state index contributed by atoms with van der Waals surface area (Å²) in [6.45, 7) is 0. The highest BCUT2D eigenvalue weighted by Crippen LogP contribution is 2.28. The Labute approximate surface area is 105 Å². The molecule has 0 aromatic heterocycles. The van der Waals surface area contributed by atoms with Crippen LogP contribution < -0.4 is 5.01 Å². The Kier molecular flexibility index (Phi) is 3.86. The largest absolute Gasteiger partial charge is 0.269 e. The number of hydrogen-bond donors (Lipinski definition) is 0. The molecule has 0 spiro atoms. The van der Waals surface area contributed by atoms with Crippen molar-refractivity contribution < 1.29 is 4.92 Å². The van der Waals surface area contributed by atoms with Crippen LogP contribution in [-0.4, -0.2) is 11.0 Å². The molecule has 18 heavy (non-hydrogen) atoms. The first-order valence-corrected chi connectivity index (χ1v) is 6.09. The lowest BCUT2D eigenvalue weighted by molar-refractivity contribution is -0.384. The zero-order valence-corrected chi connectivity index (χ0v) is 9.99. The average molecular weight is 249 g/mol. The molecule has 6 nitrogen and oxygen atoms in total. The fraction of sp³-hybridized carbons (Fsp3) is 0.500. The molecule has 0 aliphatic heterocycles. The van der Waals surface area contributed by atoms with Gasteiger partial charge in [-0.3, -0.25) is 10.1 Å². The SMILES string of the molecule is O=NN(c1ccc([N+](=O)[O-])cc1)C1CCCCC1. The summed E-state index contributed by atoms with van der Waals surface area (Å²) < 4.78 is 0. The van der Waals surface area contributed by atoms with Crippen molar-refractivity contribution in [3.8, 4) is 0 Å². The van der Waals surface area contributed by atoms with Gasteiger partial charge in [-0.05, 0) is 25.0 Å². The second kappa shape index (κ2) is 5.57. The van der Waals surface area contributed by atoms with E-state index in [-0.39, 0.29) is 11.7 Å². The van der Waals surface area contributed by atoms with Gasteiger partial charge in [-0.2, -0.15) is 0 Å². The Bertz CT molecular complexity index is 427. The van der Waals surface area contributed by atoms with Gasteiger partial charge in [0.1, 0.15) is 0 Å². The molecule has 1 aromatic carbocycles. The van der Waals surface area contributed by atoms with Crippen molar-refractivity contribution in [1.82, 2.24) is 0 Å². The van der Waals surface area contributed by atoms with Gasteiger partial charge >= 0.3 is 0 Å². The fourth-order valence-electron chi connectivity index (χ4n) is 2.38. The number of rotatable bonds is 4. The van der Waals surface area contributed by atoms with E-state index in [1.807, 2.05) is 0 Å². The second-order valence-electron chi connectivity index (χ2n) is 4.49. The van der Waals surface area contributed by atoms with Crippen molar-refractivity contribution in [3.63, 3.8) is 0 Å². The zero-order valence-electron chi connectivity index (χ0n) is 9.99. The first-order chi connectivity index (χ1) is 8.72. The molecule has 0 atom stereocenters. The standard InChI is InChI=1S/C12H15N3O3/c16-13-14(10-4-2-1-3-5-10)11-6-8-12(9-7-11)15(17)18/h6-10H,1-5H2. The monoisotopic (exact) mass is 249 g/mol. The number of nitro groups is 1. The number of nitrogens with zero attached hydrogens (tertiary/aromatic N) is 3. The van der Waals surface area contributed by atoms with Crippen LogP contribution in [0, 0.1) is 15.0 Å². The van der Waals surface area contributed by atoms with E-state index in [4.69, 9.17) is 0 Å². The van der Waals surface area contributed by atoms with Gasteiger partial charge in [0.2, 0.25) is 0 Å². The maximum absolute atomic E-state index is 11.0. The van der Waals surface area contributed by atoms with E-state index in [0.717, 1.165) is 25.7 Å². The van der Waals surface area contributed by atoms with Crippen LogP contribution >= 0.6 is 0 Å². The minimum Gasteiger partial charge on any atom is -0.258 e. The summed E-state index contributed by atoms with van der Waals surface area (Å²) in [5.41, 5.74) is 0.649. The fourth-order valence-corrected chi connectivity index (χ4v) is 2.38. The maximum Gasteiger partial charge on any atom is 0.269 e. The molecule has 0 saturated heterocycles. The molecule has 0 heterocycles. The number of anilines is 1. The van der Waals surface area contributed by atoms with Crippen LogP contribution in [0.15, 0.2) is 29.6 Å². The Morgan fingerprint density at radius 1 is 1.17 bits per heavy atom. The molecule has 0 bridgehead atoms. The van der Waals surface area contributed by atoms with Gasteiger partial charge < -0.3 is 0 Å². The third-order valence-corrected chi connectivity index (χ3v) is 3.33. The lowest BCUT2D eigenvalue weighted by atomic mass is 9.95. The third kappa shape index (κ3) is 2.64. The lowest BCUT2D eigenvalue weighted by Gasteiger charge is -2.29. The Balaban J connectivity index is 2.16. The zero-order chi connectivity index (χ0) is 13.0. The van der Waals surface area contributed by atoms with Crippen molar-refractivity contribution in [2.75, 3.05) is 5.01 Å². The molecule has 0 N–H and O–H groups in total. The van der Waals surface area contributed by atoms with Crippen molar-refractivity contribution >= 4 is 11.4 Å². The second-order valence-corrected chi connectivity index (χ2v) is 4.49. The summed E-state index contributed by atoms with van der Waals surface area (Å²) in [6.07, 6.45) is 5.29. The lowest BCUT2D eigenvalue weighted by Crippen LogP contribution is -2.32. The van der Waals surface area contributed by atoms with Crippen LogP contribution in [0.1, 0.15) is 32.1 Å². The molecule has 1 aliphatic carbocycles. The third-order valence-electron chi connectivity index (χ3n) is 3.33. The summed E-state index contributed by atoms with van der Waals surface area (Å²) in [6, 6.07) is 6.08.